The molecule has 0 radical (unpaired) electrons. The Balaban J connectivity index is 1.72. The highest BCUT2D eigenvalue weighted by molar-refractivity contribution is 5.36. The number of benzene rings is 2. The number of rotatable bonds is 3. The molecule has 20 heavy (non-hydrogen) atoms. The van der Waals surface area contributed by atoms with Gasteiger partial charge in [0, 0.05) is 0 Å². The minimum Gasteiger partial charge on any atom is -0.490 e. The zero-order chi connectivity index (χ0) is 13.8. The van der Waals surface area contributed by atoms with Gasteiger partial charge in [-0.05, 0) is 35.7 Å². The molecule has 1 aliphatic rings. The predicted octanol–water partition coefficient (Wildman–Crippen LogP) is 3.25. The monoisotopic (exact) mass is 265 g/mol. The first-order chi connectivity index (χ1) is 9.86. The van der Waals surface area contributed by atoms with Gasteiger partial charge in [-0.3, -0.25) is 0 Å². The number of hydrogen-bond donors (Lipinski definition) is 0. The van der Waals surface area contributed by atoms with Crippen LogP contribution in [-0.2, 0) is 11.2 Å². The van der Waals surface area contributed by atoms with E-state index in [1.165, 1.54) is 11.1 Å². The van der Waals surface area contributed by atoms with Gasteiger partial charge >= 0.3 is 0 Å². The van der Waals surface area contributed by atoms with Gasteiger partial charge in [0.25, 0.3) is 0 Å². The smallest absolute Gasteiger partial charge is 0.120 e. The van der Waals surface area contributed by atoms with Gasteiger partial charge in [-0.1, -0.05) is 30.3 Å². The van der Waals surface area contributed by atoms with E-state index in [1.54, 1.807) is 12.1 Å². The van der Waals surface area contributed by atoms with Crippen molar-refractivity contribution in [3.63, 3.8) is 0 Å². The molecular formula is C17H15NO2. The van der Waals surface area contributed by atoms with Crippen molar-refractivity contribution in [1.29, 1.82) is 5.26 Å². The summed E-state index contributed by atoms with van der Waals surface area (Å²) in [5, 5.41) is 8.88. The third-order valence-electron chi connectivity index (χ3n) is 3.46. The molecule has 0 amide bonds. The van der Waals surface area contributed by atoms with Crippen LogP contribution in [0.3, 0.4) is 0 Å². The van der Waals surface area contributed by atoms with E-state index in [1.807, 2.05) is 18.2 Å². The van der Waals surface area contributed by atoms with E-state index in [-0.39, 0.29) is 6.10 Å². The second kappa shape index (κ2) is 5.77. The summed E-state index contributed by atoms with van der Waals surface area (Å²) >= 11 is 0. The molecule has 3 nitrogen and oxygen atoms in total. The highest BCUT2D eigenvalue weighted by Gasteiger charge is 2.20. The maximum absolute atomic E-state index is 8.88. The second-order valence-electron chi connectivity index (χ2n) is 4.76. The van der Waals surface area contributed by atoms with Crippen LogP contribution in [0.25, 0.3) is 0 Å². The van der Waals surface area contributed by atoms with Gasteiger partial charge in [-0.25, -0.2) is 0 Å². The van der Waals surface area contributed by atoms with Gasteiger partial charge in [0.05, 0.1) is 18.2 Å². The van der Waals surface area contributed by atoms with Gasteiger partial charge in [0.1, 0.15) is 18.5 Å². The summed E-state index contributed by atoms with van der Waals surface area (Å²) in [5.41, 5.74) is 3.14. The molecule has 0 saturated carbocycles. The van der Waals surface area contributed by atoms with Gasteiger partial charge in [0.2, 0.25) is 0 Å². The molecule has 0 aromatic heterocycles. The Kier molecular flexibility index (Phi) is 3.67. The van der Waals surface area contributed by atoms with Crippen molar-refractivity contribution in [2.24, 2.45) is 0 Å². The molecule has 0 spiro atoms. The zero-order valence-corrected chi connectivity index (χ0v) is 11.1. The summed E-state index contributed by atoms with van der Waals surface area (Å²) in [5.74, 6) is 0.704. The Hall–Kier alpha value is -2.31. The lowest BCUT2D eigenvalue weighted by Crippen LogP contribution is -2.21. The van der Waals surface area contributed by atoms with Gasteiger partial charge in [0.15, 0.2) is 0 Å². The van der Waals surface area contributed by atoms with Crippen LogP contribution < -0.4 is 4.74 Å². The Labute approximate surface area is 118 Å². The topological polar surface area (TPSA) is 42.2 Å². The molecule has 0 fully saturated rings. The maximum atomic E-state index is 8.88. The molecular weight excluding hydrogens is 250 g/mol. The second-order valence-corrected chi connectivity index (χ2v) is 4.76. The molecule has 1 unspecified atom stereocenters. The van der Waals surface area contributed by atoms with Crippen LogP contribution >= 0.6 is 0 Å². The van der Waals surface area contributed by atoms with Crippen molar-refractivity contribution >= 4 is 0 Å². The summed E-state index contributed by atoms with van der Waals surface area (Å²) in [7, 11) is 0. The molecule has 1 aliphatic heterocycles. The highest BCUT2D eigenvalue weighted by atomic mass is 16.5. The maximum Gasteiger partial charge on any atom is 0.120 e. The molecule has 0 aliphatic carbocycles. The summed E-state index contributed by atoms with van der Waals surface area (Å²) < 4.78 is 11.6. The molecule has 3 heteroatoms. The van der Waals surface area contributed by atoms with Crippen molar-refractivity contribution in [2.45, 2.75) is 12.5 Å². The minimum absolute atomic E-state index is 0.0364. The van der Waals surface area contributed by atoms with E-state index in [0.29, 0.717) is 17.9 Å². The average molecular weight is 265 g/mol. The van der Waals surface area contributed by atoms with Crippen LogP contribution in [0.15, 0.2) is 48.5 Å². The van der Waals surface area contributed by atoms with Crippen LogP contribution in [0.2, 0.25) is 0 Å². The Morgan fingerprint density at radius 2 is 2.10 bits per heavy atom. The SMILES string of the molecule is N#Cc1cccc(OCC2OCCc3ccccc32)c1. The minimum atomic E-state index is -0.0364. The number of hydrogen-bond acceptors (Lipinski definition) is 3. The lowest BCUT2D eigenvalue weighted by atomic mass is 9.98. The summed E-state index contributed by atoms with van der Waals surface area (Å²) in [6, 6.07) is 17.6. The molecule has 2 aromatic rings. The van der Waals surface area contributed by atoms with Crippen LogP contribution in [0.5, 0.6) is 5.75 Å². The Morgan fingerprint density at radius 1 is 1.20 bits per heavy atom. The molecule has 3 rings (SSSR count). The average Bonchev–Trinajstić information content (AvgIpc) is 2.53. The van der Waals surface area contributed by atoms with Crippen molar-refractivity contribution < 1.29 is 9.47 Å². The van der Waals surface area contributed by atoms with E-state index in [9.17, 15) is 0 Å². The number of nitriles is 1. The largest absolute Gasteiger partial charge is 0.490 e. The van der Waals surface area contributed by atoms with Crippen LogP contribution in [0, 0.1) is 11.3 Å². The van der Waals surface area contributed by atoms with E-state index >= 15 is 0 Å². The van der Waals surface area contributed by atoms with Gasteiger partial charge < -0.3 is 9.47 Å². The third kappa shape index (κ3) is 2.66. The van der Waals surface area contributed by atoms with Crippen molar-refractivity contribution in [2.75, 3.05) is 13.2 Å². The lowest BCUT2D eigenvalue weighted by molar-refractivity contribution is 0.0102. The molecule has 100 valence electrons. The summed E-state index contributed by atoms with van der Waals surface area (Å²) in [6.45, 7) is 1.19. The molecule has 1 heterocycles. The normalized spacial score (nSPS) is 17.1. The van der Waals surface area contributed by atoms with E-state index in [0.717, 1.165) is 13.0 Å². The fourth-order valence-corrected chi connectivity index (χ4v) is 2.44. The third-order valence-corrected chi connectivity index (χ3v) is 3.46. The Morgan fingerprint density at radius 3 is 3.00 bits per heavy atom. The van der Waals surface area contributed by atoms with E-state index in [4.69, 9.17) is 14.7 Å². The fourth-order valence-electron chi connectivity index (χ4n) is 2.44. The molecule has 0 bridgehead atoms. The van der Waals surface area contributed by atoms with E-state index in [2.05, 4.69) is 24.3 Å². The number of fused-ring (bicyclic) bond motifs is 1. The molecule has 0 N–H and O–H groups in total. The first kappa shape index (κ1) is 12.7. The molecule has 0 saturated heterocycles. The van der Waals surface area contributed by atoms with Crippen molar-refractivity contribution in [3.05, 3.63) is 65.2 Å². The zero-order valence-electron chi connectivity index (χ0n) is 11.1. The summed E-state index contributed by atoms with van der Waals surface area (Å²) in [6.07, 6.45) is 0.919. The number of ether oxygens (including phenoxy) is 2. The fraction of sp³-hybridized carbons (Fsp3) is 0.235. The lowest BCUT2D eigenvalue weighted by Gasteiger charge is -2.26. The summed E-state index contributed by atoms with van der Waals surface area (Å²) in [4.78, 5) is 0. The van der Waals surface area contributed by atoms with Crippen LogP contribution in [0.4, 0.5) is 0 Å². The van der Waals surface area contributed by atoms with Gasteiger partial charge in [-0.15, -0.1) is 0 Å². The quantitative estimate of drug-likeness (QED) is 0.855. The number of nitrogens with zero attached hydrogens (tertiary/aromatic N) is 1. The first-order valence-corrected chi connectivity index (χ1v) is 6.69. The van der Waals surface area contributed by atoms with Crippen molar-refractivity contribution in [3.8, 4) is 11.8 Å². The highest BCUT2D eigenvalue weighted by Crippen LogP contribution is 2.27. The predicted molar refractivity (Wildman–Crippen MR) is 75.5 cm³/mol. The van der Waals surface area contributed by atoms with Crippen LogP contribution in [0.1, 0.15) is 22.8 Å². The van der Waals surface area contributed by atoms with Crippen LogP contribution in [-0.4, -0.2) is 13.2 Å². The Bertz CT molecular complexity index is 645. The standard InChI is InChI=1S/C17H15NO2/c18-11-13-4-3-6-15(10-13)20-12-17-16-7-2-1-5-14(16)8-9-19-17/h1-7,10,17H,8-9,12H2. The van der Waals surface area contributed by atoms with Gasteiger partial charge in [-0.2, -0.15) is 5.26 Å². The molecule has 2 aromatic carbocycles. The molecule has 1 atom stereocenters. The van der Waals surface area contributed by atoms with Crippen molar-refractivity contribution in [1.82, 2.24) is 0 Å². The first-order valence-electron chi connectivity index (χ1n) is 6.69. The van der Waals surface area contributed by atoms with E-state index < -0.39 is 0 Å².